The van der Waals surface area contributed by atoms with Gasteiger partial charge in [0.2, 0.25) is 0 Å². The van der Waals surface area contributed by atoms with Crippen molar-refractivity contribution in [3.8, 4) is 0 Å². The summed E-state index contributed by atoms with van der Waals surface area (Å²) in [7, 11) is 0. The van der Waals surface area contributed by atoms with Crippen LogP contribution in [-0.4, -0.2) is 23.7 Å². The first-order valence-corrected chi connectivity index (χ1v) is 6.79. The molecule has 0 fully saturated rings. The lowest BCUT2D eigenvalue weighted by molar-refractivity contribution is -0.137. The summed E-state index contributed by atoms with van der Waals surface area (Å²) in [5, 5.41) is 14.0. The average Bonchev–Trinajstić information content (AvgIpc) is 2.36. The van der Waals surface area contributed by atoms with Crippen molar-refractivity contribution in [1.82, 2.24) is 5.32 Å². The van der Waals surface area contributed by atoms with E-state index >= 15 is 0 Å². The van der Waals surface area contributed by atoms with E-state index in [-0.39, 0.29) is 18.4 Å². The Kier molecular flexibility index (Phi) is 6.35. The molecule has 1 aromatic carbocycles. The minimum absolute atomic E-state index is 0.122. The van der Waals surface area contributed by atoms with Crippen LogP contribution >= 0.6 is 15.9 Å². The molecule has 5 nitrogen and oxygen atoms in total. The number of rotatable bonds is 6. The Bertz CT molecular complexity index is 434. The number of amides is 2. The summed E-state index contributed by atoms with van der Waals surface area (Å²) in [6.07, 6.45) is 0.672. The van der Waals surface area contributed by atoms with Gasteiger partial charge in [-0.1, -0.05) is 22.9 Å². The standard InChI is InChI=1S/C13H17BrN2O3/c1-9(2-7-12(17)18)8-15-13(19)16-11-5-3-10(14)4-6-11/h3-6,9H,2,7-8H2,1H3,(H,17,18)(H2,15,16,19). The number of halogens is 1. The summed E-state index contributed by atoms with van der Waals surface area (Å²) in [5.74, 6) is -0.682. The molecule has 1 unspecified atom stereocenters. The summed E-state index contributed by atoms with van der Waals surface area (Å²) in [6.45, 7) is 2.36. The van der Waals surface area contributed by atoms with Gasteiger partial charge in [0.05, 0.1) is 0 Å². The Morgan fingerprint density at radius 2 is 1.95 bits per heavy atom. The molecule has 104 valence electrons. The molecule has 0 radical (unpaired) electrons. The fourth-order valence-corrected chi connectivity index (χ4v) is 1.71. The number of hydrogen-bond acceptors (Lipinski definition) is 2. The maximum Gasteiger partial charge on any atom is 0.319 e. The van der Waals surface area contributed by atoms with Crippen molar-refractivity contribution < 1.29 is 14.7 Å². The Morgan fingerprint density at radius 1 is 1.32 bits per heavy atom. The maximum atomic E-state index is 11.6. The van der Waals surface area contributed by atoms with Gasteiger partial charge in [0.15, 0.2) is 0 Å². The number of carboxylic acids is 1. The van der Waals surface area contributed by atoms with Crippen molar-refractivity contribution in [2.24, 2.45) is 5.92 Å². The van der Waals surface area contributed by atoms with Gasteiger partial charge in [0, 0.05) is 23.1 Å². The largest absolute Gasteiger partial charge is 0.481 e. The van der Waals surface area contributed by atoms with Gasteiger partial charge in [0.25, 0.3) is 0 Å². The van der Waals surface area contributed by atoms with Gasteiger partial charge in [-0.05, 0) is 36.6 Å². The highest BCUT2D eigenvalue weighted by Gasteiger charge is 2.07. The summed E-state index contributed by atoms with van der Waals surface area (Å²) in [5.41, 5.74) is 0.707. The number of carboxylic acid groups (broad SMARTS) is 1. The highest BCUT2D eigenvalue weighted by molar-refractivity contribution is 9.10. The molecule has 0 saturated heterocycles. The first-order valence-electron chi connectivity index (χ1n) is 5.99. The van der Waals surface area contributed by atoms with Crippen molar-refractivity contribution in [3.63, 3.8) is 0 Å². The molecular weight excluding hydrogens is 312 g/mol. The highest BCUT2D eigenvalue weighted by atomic mass is 79.9. The molecule has 19 heavy (non-hydrogen) atoms. The van der Waals surface area contributed by atoms with Gasteiger partial charge < -0.3 is 15.7 Å². The lowest BCUT2D eigenvalue weighted by atomic mass is 10.1. The SMILES string of the molecule is CC(CCC(=O)O)CNC(=O)Nc1ccc(Br)cc1. The van der Waals surface area contributed by atoms with E-state index in [0.717, 1.165) is 4.47 Å². The zero-order valence-electron chi connectivity index (χ0n) is 10.6. The number of carbonyl (C=O) groups excluding carboxylic acids is 1. The fourth-order valence-electron chi connectivity index (χ4n) is 1.45. The van der Waals surface area contributed by atoms with E-state index in [0.29, 0.717) is 18.7 Å². The minimum Gasteiger partial charge on any atom is -0.481 e. The maximum absolute atomic E-state index is 11.6. The van der Waals surface area contributed by atoms with Crippen molar-refractivity contribution in [2.45, 2.75) is 19.8 Å². The molecule has 0 bridgehead atoms. The predicted molar refractivity (Wildman–Crippen MR) is 77.2 cm³/mol. The third kappa shape index (κ3) is 6.81. The molecule has 2 amide bonds. The monoisotopic (exact) mass is 328 g/mol. The summed E-state index contributed by atoms with van der Waals surface area (Å²) in [4.78, 5) is 22.0. The van der Waals surface area contributed by atoms with Crippen molar-refractivity contribution in [2.75, 3.05) is 11.9 Å². The van der Waals surface area contributed by atoms with Crippen molar-refractivity contribution in [3.05, 3.63) is 28.7 Å². The normalized spacial score (nSPS) is 11.7. The zero-order valence-corrected chi connectivity index (χ0v) is 12.2. The second-order valence-corrected chi connectivity index (χ2v) is 5.30. The second kappa shape index (κ2) is 7.78. The highest BCUT2D eigenvalue weighted by Crippen LogP contribution is 2.13. The third-order valence-electron chi connectivity index (χ3n) is 2.56. The van der Waals surface area contributed by atoms with E-state index < -0.39 is 5.97 Å². The number of benzene rings is 1. The molecular formula is C13H17BrN2O3. The van der Waals surface area contributed by atoms with Gasteiger partial charge >= 0.3 is 12.0 Å². The second-order valence-electron chi connectivity index (χ2n) is 4.38. The van der Waals surface area contributed by atoms with Crippen LogP contribution in [0, 0.1) is 5.92 Å². The van der Waals surface area contributed by atoms with Crippen molar-refractivity contribution in [1.29, 1.82) is 0 Å². The minimum atomic E-state index is -0.814. The fraction of sp³-hybridized carbons (Fsp3) is 0.385. The number of nitrogens with one attached hydrogen (secondary N) is 2. The lowest BCUT2D eigenvalue weighted by Gasteiger charge is -2.12. The molecule has 0 aliphatic carbocycles. The lowest BCUT2D eigenvalue weighted by Crippen LogP contribution is -2.32. The molecule has 1 atom stereocenters. The smallest absolute Gasteiger partial charge is 0.319 e. The van der Waals surface area contributed by atoms with Crippen LogP contribution in [0.15, 0.2) is 28.7 Å². The molecule has 6 heteroatoms. The molecule has 1 rings (SSSR count). The van der Waals surface area contributed by atoms with Gasteiger partial charge in [-0.2, -0.15) is 0 Å². The number of hydrogen-bond donors (Lipinski definition) is 3. The van der Waals surface area contributed by atoms with E-state index in [4.69, 9.17) is 5.11 Å². The van der Waals surface area contributed by atoms with E-state index in [1.807, 2.05) is 19.1 Å². The van der Waals surface area contributed by atoms with Crippen LogP contribution in [-0.2, 0) is 4.79 Å². The van der Waals surface area contributed by atoms with Crippen LogP contribution in [0.3, 0.4) is 0 Å². The summed E-state index contributed by atoms with van der Waals surface area (Å²) in [6, 6.07) is 6.97. The molecule has 1 aromatic rings. The predicted octanol–water partition coefficient (Wildman–Crippen LogP) is 3.07. The molecule has 0 heterocycles. The van der Waals surface area contributed by atoms with Crippen LogP contribution in [0.5, 0.6) is 0 Å². The van der Waals surface area contributed by atoms with Crippen LogP contribution in [0.4, 0.5) is 10.5 Å². The number of urea groups is 1. The molecule has 0 saturated carbocycles. The number of carbonyl (C=O) groups is 2. The van der Waals surface area contributed by atoms with E-state index in [9.17, 15) is 9.59 Å². The van der Waals surface area contributed by atoms with E-state index in [1.54, 1.807) is 12.1 Å². The van der Waals surface area contributed by atoms with Crippen LogP contribution in [0.25, 0.3) is 0 Å². The van der Waals surface area contributed by atoms with E-state index in [2.05, 4.69) is 26.6 Å². The molecule has 0 aromatic heterocycles. The Hall–Kier alpha value is -1.56. The van der Waals surface area contributed by atoms with Crippen LogP contribution < -0.4 is 10.6 Å². The molecule has 0 spiro atoms. The van der Waals surface area contributed by atoms with Gasteiger partial charge in [0.1, 0.15) is 0 Å². The average molecular weight is 329 g/mol. The Labute approximate surface area is 120 Å². The first-order chi connectivity index (χ1) is 8.97. The van der Waals surface area contributed by atoms with Crippen LogP contribution in [0.1, 0.15) is 19.8 Å². The first kappa shape index (κ1) is 15.5. The third-order valence-corrected chi connectivity index (χ3v) is 3.09. The van der Waals surface area contributed by atoms with Gasteiger partial charge in [-0.3, -0.25) is 4.79 Å². The van der Waals surface area contributed by atoms with Gasteiger partial charge in [-0.15, -0.1) is 0 Å². The Balaban J connectivity index is 2.27. The molecule has 0 aliphatic heterocycles. The topological polar surface area (TPSA) is 78.4 Å². The summed E-state index contributed by atoms with van der Waals surface area (Å²) >= 11 is 3.31. The van der Waals surface area contributed by atoms with E-state index in [1.165, 1.54) is 0 Å². The Morgan fingerprint density at radius 3 is 2.53 bits per heavy atom. The number of anilines is 1. The number of aliphatic carboxylic acids is 1. The zero-order chi connectivity index (χ0) is 14.3. The molecule has 3 N–H and O–H groups in total. The molecule has 0 aliphatic rings. The summed E-state index contributed by atoms with van der Waals surface area (Å²) < 4.78 is 0.945. The quantitative estimate of drug-likeness (QED) is 0.750. The van der Waals surface area contributed by atoms with Gasteiger partial charge in [-0.25, -0.2) is 4.79 Å². The van der Waals surface area contributed by atoms with Crippen LogP contribution in [0.2, 0.25) is 0 Å². The van der Waals surface area contributed by atoms with Crippen molar-refractivity contribution >= 4 is 33.6 Å².